The molecule has 1 atom stereocenters. The zero-order valence-electron chi connectivity index (χ0n) is 22.6. The van der Waals surface area contributed by atoms with Crippen LogP contribution in [0.3, 0.4) is 0 Å². The van der Waals surface area contributed by atoms with E-state index in [-0.39, 0.29) is 5.41 Å². The van der Waals surface area contributed by atoms with E-state index in [0.29, 0.717) is 42.1 Å². The minimum absolute atomic E-state index is 0.314. The van der Waals surface area contributed by atoms with Crippen LogP contribution < -0.4 is 15.8 Å². The Balaban J connectivity index is 1.52. The van der Waals surface area contributed by atoms with Gasteiger partial charge in [0.1, 0.15) is 17.3 Å². The Morgan fingerprint density at radius 3 is 2.76 bits per heavy atom. The molecule has 5 rings (SSSR count). The van der Waals surface area contributed by atoms with Crippen molar-refractivity contribution in [2.24, 2.45) is 12.5 Å². The highest BCUT2D eigenvalue weighted by Crippen LogP contribution is 2.37. The number of nitrogens with zero attached hydrogens (tertiary/aromatic N) is 4. The molecule has 0 saturated heterocycles. The van der Waals surface area contributed by atoms with Crippen LogP contribution in [0.4, 0.5) is 0 Å². The maximum Gasteiger partial charge on any atom is 0.417 e. The van der Waals surface area contributed by atoms with Gasteiger partial charge in [-0.3, -0.25) is 9.67 Å². The number of nitrogens with one attached hydrogen (secondary N) is 2. The van der Waals surface area contributed by atoms with Crippen molar-refractivity contribution >= 4 is 16.7 Å². The van der Waals surface area contributed by atoms with Crippen molar-refractivity contribution in [3.8, 4) is 16.9 Å². The molecule has 1 aromatic carbocycles. The number of hydrogen-bond acceptors (Lipinski definition) is 7. The topological polar surface area (TPSA) is 123 Å². The maximum absolute atomic E-state index is 12.1. The summed E-state index contributed by atoms with van der Waals surface area (Å²) in [6.45, 7) is 8.95. The third-order valence-corrected chi connectivity index (χ3v) is 6.97. The van der Waals surface area contributed by atoms with Crippen LogP contribution in [-0.2, 0) is 20.0 Å². The molecule has 0 fully saturated rings. The van der Waals surface area contributed by atoms with Crippen LogP contribution in [0.2, 0.25) is 0 Å². The number of hydrogen-bond donors (Lipinski definition) is 3. The predicted molar refractivity (Wildman–Crippen MR) is 145 cm³/mol. The Kier molecular flexibility index (Phi) is 6.62. The lowest BCUT2D eigenvalue weighted by Crippen LogP contribution is -2.20. The van der Waals surface area contributed by atoms with Crippen molar-refractivity contribution in [1.82, 2.24) is 29.5 Å². The molecule has 0 amide bonds. The van der Waals surface area contributed by atoms with E-state index in [2.05, 4.69) is 20.4 Å². The fourth-order valence-electron chi connectivity index (χ4n) is 4.75. The van der Waals surface area contributed by atoms with Crippen LogP contribution in [-0.4, -0.2) is 42.9 Å². The van der Waals surface area contributed by atoms with Gasteiger partial charge in [-0.05, 0) is 43.7 Å². The number of fused-ring (bicyclic) bond motifs is 2. The number of ether oxygens (including phenoxy) is 1. The Morgan fingerprint density at radius 2 is 2.03 bits per heavy atom. The first-order chi connectivity index (χ1) is 18.1. The first-order valence-corrected chi connectivity index (χ1v) is 12.7. The number of aliphatic hydroxyl groups is 1. The van der Waals surface area contributed by atoms with Gasteiger partial charge in [-0.25, -0.2) is 9.78 Å². The molecule has 0 saturated carbocycles. The number of imidazole rings is 1. The lowest BCUT2D eigenvalue weighted by atomic mass is 9.85. The maximum atomic E-state index is 12.1. The number of aromatic amines is 1. The highest BCUT2D eigenvalue weighted by atomic mass is 16.5. The second-order valence-electron chi connectivity index (χ2n) is 10.7. The Morgan fingerprint density at radius 1 is 1.24 bits per heavy atom. The van der Waals surface area contributed by atoms with E-state index in [4.69, 9.17) is 9.15 Å². The summed E-state index contributed by atoms with van der Waals surface area (Å²) in [5.41, 5.74) is 6.78. The quantitative estimate of drug-likeness (QED) is 0.285. The van der Waals surface area contributed by atoms with E-state index < -0.39 is 11.9 Å². The molecule has 4 heterocycles. The van der Waals surface area contributed by atoms with Gasteiger partial charge in [-0.15, -0.1) is 0 Å². The van der Waals surface area contributed by atoms with Gasteiger partial charge in [0, 0.05) is 48.6 Å². The van der Waals surface area contributed by atoms with Crippen LogP contribution in [0.5, 0.6) is 5.75 Å². The summed E-state index contributed by atoms with van der Waals surface area (Å²) in [4.78, 5) is 19.3. The van der Waals surface area contributed by atoms with Crippen LogP contribution in [0.25, 0.3) is 27.9 Å². The lowest BCUT2D eigenvalue weighted by molar-refractivity contribution is 0.0575. The summed E-state index contributed by atoms with van der Waals surface area (Å²) in [6, 6.07) is 7.61. The van der Waals surface area contributed by atoms with Gasteiger partial charge in [-0.2, -0.15) is 5.10 Å². The number of pyridine rings is 1. The molecule has 1 unspecified atom stereocenters. The highest BCUT2D eigenvalue weighted by molar-refractivity contribution is 5.89. The third-order valence-electron chi connectivity index (χ3n) is 6.97. The zero-order valence-corrected chi connectivity index (χ0v) is 22.6. The largest absolute Gasteiger partial charge is 0.490 e. The van der Waals surface area contributed by atoms with Crippen LogP contribution >= 0.6 is 0 Å². The summed E-state index contributed by atoms with van der Waals surface area (Å²) in [6.07, 6.45) is 3.69. The van der Waals surface area contributed by atoms with Gasteiger partial charge in [0.05, 0.1) is 24.2 Å². The minimum atomic E-state index is -0.713. The summed E-state index contributed by atoms with van der Waals surface area (Å²) in [5.74, 6) is -0.00972. The molecule has 0 aliphatic heterocycles. The van der Waals surface area contributed by atoms with Crippen molar-refractivity contribution < 1.29 is 14.3 Å². The summed E-state index contributed by atoms with van der Waals surface area (Å²) < 4.78 is 15.5. The molecule has 10 nitrogen and oxygen atoms in total. The molecular weight excluding hydrogens is 484 g/mol. The molecule has 0 aliphatic carbocycles. The molecule has 0 radical (unpaired) electrons. The van der Waals surface area contributed by atoms with E-state index in [1.165, 1.54) is 0 Å². The van der Waals surface area contributed by atoms with Gasteiger partial charge in [0.15, 0.2) is 11.3 Å². The third kappa shape index (κ3) is 4.61. The van der Waals surface area contributed by atoms with Gasteiger partial charge in [0.25, 0.3) is 0 Å². The second kappa shape index (κ2) is 9.77. The van der Waals surface area contributed by atoms with E-state index in [9.17, 15) is 9.90 Å². The first-order valence-electron chi connectivity index (χ1n) is 12.7. The smallest absolute Gasteiger partial charge is 0.417 e. The van der Waals surface area contributed by atoms with Crippen LogP contribution in [0.15, 0.2) is 45.9 Å². The number of oxazole rings is 1. The number of aromatic nitrogens is 5. The summed E-state index contributed by atoms with van der Waals surface area (Å²) >= 11 is 0. The van der Waals surface area contributed by atoms with E-state index in [0.717, 1.165) is 33.7 Å². The molecule has 200 valence electrons. The van der Waals surface area contributed by atoms with Gasteiger partial charge in [-0.1, -0.05) is 20.8 Å². The number of H-pyrrole nitrogens is 1. The number of benzene rings is 1. The average molecular weight is 519 g/mol. The number of rotatable bonds is 8. The van der Waals surface area contributed by atoms with Crippen LogP contribution in [0, 0.1) is 12.3 Å². The van der Waals surface area contributed by atoms with Crippen molar-refractivity contribution in [3.05, 3.63) is 69.9 Å². The van der Waals surface area contributed by atoms with Crippen molar-refractivity contribution in [2.45, 2.75) is 46.8 Å². The molecule has 0 aliphatic rings. The molecule has 4 aromatic heterocycles. The molecule has 3 N–H and O–H groups in total. The fraction of sp³-hybridized carbons (Fsp3) is 0.393. The fourth-order valence-corrected chi connectivity index (χ4v) is 4.75. The standard InChI is InChI=1S/C28H34N6O4/c1-16-19(23(32-33(16)6)26(35)28(2,3)4)11-12-37-25-20(8-9-21-24(25)31-27(36)38-21)17-7-10-22-30-14-18(13-29-5)34(22)15-17/h7-10,14-15,26,29,35H,11-13H2,1-6H3,(H,31,36). The Labute approximate surface area is 220 Å². The Bertz CT molecular complexity index is 1670. The van der Waals surface area contributed by atoms with E-state index >= 15 is 0 Å². The zero-order chi connectivity index (χ0) is 27.2. The highest BCUT2D eigenvalue weighted by Gasteiger charge is 2.30. The van der Waals surface area contributed by atoms with Crippen molar-refractivity contribution in [3.63, 3.8) is 0 Å². The van der Waals surface area contributed by atoms with Gasteiger partial charge < -0.3 is 24.0 Å². The van der Waals surface area contributed by atoms with Crippen LogP contribution in [0.1, 0.15) is 49.5 Å². The van der Waals surface area contributed by atoms with Crippen molar-refractivity contribution in [2.75, 3.05) is 13.7 Å². The van der Waals surface area contributed by atoms with E-state index in [1.54, 1.807) is 10.7 Å². The SMILES string of the molecule is CNCc1cnc2ccc(-c3ccc4oc(=O)[nH]c4c3OCCc3c(C(O)C(C)(C)C)nn(C)c3C)cn12. The minimum Gasteiger partial charge on any atom is -0.490 e. The molecule has 38 heavy (non-hydrogen) atoms. The predicted octanol–water partition coefficient (Wildman–Crippen LogP) is 3.90. The normalized spacial score (nSPS) is 13.0. The lowest BCUT2D eigenvalue weighted by Gasteiger charge is -2.25. The van der Waals surface area contributed by atoms with E-state index in [1.807, 2.05) is 76.8 Å². The summed E-state index contributed by atoms with van der Waals surface area (Å²) in [7, 11) is 3.77. The molecule has 5 aromatic rings. The summed E-state index contributed by atoms with van der Waals surface area (Å²) in [5, 5.41) is 18.7. The van der Waals surface area contributed by atoms with Gasteiger partial charge in [0.2, 0.25) is 0 Å². The number of aliphatic hydroxyl groups excluding tert-OH is 1. The Hall–Kier alpha value is -3.89. The molecular formula is C28H34N6O4. The van der Waals surface area contributed by atoms with Crippen molar-refractivity contribution in [1.29, 1.82) is 0 Å². The van der Waals surface area contributed by atoms with Gasteiger partial charge >= 0.3 is 5.76 Å². The molecule has 0 spiro atoms. The molecule has 10 heteroatoms. The second-order valence-corrected chi connectivity index (χ2v) is 10.7. The number of aryl methyl sites for hydroxylation is 1. The first kappa shape index (κ1) is 25.7. The monoisotopic (exact) mass is 518 g/mol. The average Bonchev–Trinajstić information content (AvgIpc) is 3.54. The molecule has 0 bridgehead atoms.